The SMILES string of the molecule is COc1ccc(CN2C(=O)c3ccccc3C2=O)cc1C(=O)NCC(=O)Nc1ccc(Cl)cc1. The van der Waals surface area contributed by atoms with Crippen LogP contribution in [0.2, 0.25) is 5.02 Å². The Balaban J connectivity index is 1.44. The largest absolute Gasteiger partial charge is 0.496 e. The van der Waals surface area contributed by atoms with Crippen molar-refractivity contribution in [3.8, 4) is 5.75 Å². The monoisotopic (exact) mass is 477 g/mol. The molecule has 0 spiro atoms. The number of carbonyl (C=O) groups excluding carboxylic acids is 4. The Morgan fingerprint density at radius 3 is 2.21 bits per heavy atom. The molecule has 8 nitrogen and oxygen atoms in total. The molecular formula is C25H20ClN3O5. The Labute approximate surface area is 200 Å². The van der Waals surface area contributed by atoms with Crippen LogP contribution in [-0.2, 0) is 11.3 Å². The van der Waals surface area contributed by atoms with Crippen LogP contribution in [-0.4, -0.2) is 42.2 Å². The number of imide groups is 1. The minimum absolute atomic E-state index is 0.00628. The maximum Gasteiger partial charge on any atom is 0.261 e. The molecule has 34 heavy (non-hydrogen) atoms. The lowest BCUT2D eigenvalue weighted by atomic mass is 10.1. The van der Waals surface area contributed by atoms with Gasteiger partial charge in [-0.2, -0.15) is 0 Å². The highest BCUT2D eigenvalue weighted by molar-refractivity contribution is 6.30. The lowest BCUT2D eigenvalue weighted by Crippen LogP contribution is -2.33. The van der Waals surface area contributed by atoms with Crippen LogP contribution < -0.4 is 15.4 Å². The molecule has 1 aliphatic heterocycles. The molecule has 0 saturated carbocycles. The fourth-order valence-corrected chi connectivity index (χ4v) is 3.72. The van der Waals surface area contributed by atoms with E-state index in [2.05, 4.69) is 10.6 Å². The van der Waals surface area contributed by atoms with E-state index in [-0.39, 0.29) is 30.5 Å². The minimum Gasteiger partial charge on any atom is -0.496 e. The van der Waals surface area contributed by atoms with Crippen LogP contribution in [0.1, 0.15) is 36.6 Å². The number of halogens is 1. The molecule has 0 aromatic heterocycles. The fraction of sp³-hybridized carbons (Fsp3) is 0.120. The lowest BCUT2D eigenvalue weighted by Gasteiger charge is -2.16. The van der Waals surface area contributed by atoms with E-state index in [9.17, 15) is 19.2 Å². The number of amides is 4. The van der Waals surface area contributed by atoms with Crippen LogP contribution in [0.25, 0.3) is 0 Å². The van der Waals surface area contributed by atoms with Crippen LogP contribution in [0.5, 0.6) is 5.75 Å². The van der Waals surface area contributed by atoms with Crippen molar-refractivity contribution in [3.05, 3.63) is 94.0 Å². The van der Waals surface area contributed by atoms with E-state index in [4.69, 9.17) is 16.3 Å². The summed E-state index contributed by atoms with van der Waals surface area (Å²) in [5.41, 5.74) is 1.99. The van der Waals surface area contributed by atoms with Crippen LogP contribution in [0.15, 0.2) is 66.7 Å². The van der Waals surface area contributed by atoms with Crippen LogP contribution in [0.3, 0.4) is 0 Å². The van der Waals surface area contributed by atoms with E-state index in [0.29, 0.717) is 33.1 Å². The molecule has 0 fully saturated rings. The third-order valence-corrected chi connectivity index (χ3v) is 5.52. The average Bonchev–Trinajstić information content (AvgIpc) is 3.09. The smallest absolute Gasteiger partial charge is 0.261 e. The van der Waals surface area contributed by atoms with Gasteiger partial charge in [-0.25, -0.2) is 0 Å². The molecule has 0 atom stereocenters. The van der Waals surface area contributed by atoms with Crippen molar-refractivity contribution >= 4 is 40.9 Å². The molecule has 1 heterocycles. The van der Waals surface area contributed by atoms with E-state index in [1.54, 1.807) is 60.7 Å². The molecule has 172 valence electrons. The Morgan fingerprint density at radius 1 is 0.941 bits per heavy atom. The topological polar surface area (TPSA) is 105 Å². The lowest BCUT2D eigenvalue weighted by molar-refractivity contribution is -0.115. The van der Waals surface area contributed by atoms with E-state index >= 15 is 0 Å². The second-order valence-corrected chi connectivity index (χ2v) is 7.95. The number of rotatable bonds is 7. The van der Waals surface area contributed by atoms with Gasteiger partial charge < -0.3 is 15.4 Å². The van der Waals surface area contributed by atoms with Gasteiger partial charge >= 0.3 is 0 Å². The average molecular weight is 478 g/mol. The van der Waals surface area contributed by atoms with Crippen molar-refractivity contribution in [2.45, 2.75) is 6.54 Å². The van der Waals surface area contributed by atoms with Gasteiger partial charge in [0.1, 0.15) is 5.75 Å². The number of hydrogen-bond donors (Lipinski definition) is 2. The second kappa shape index (κ2) is 9.76. The van der Waals surface area contributed by atoms with Gasteiger partial charge in [0.2, 0.25) is 5.91 Å². The molecule has 0 bridgehead atoms. The molecule has 9 heteroatoms. The van der Waals surface area contributed by atoms with Crippen molar-refractivity contribution in [2.24, 2.45) is 0 Å². The van der Waals surface area contributed by atoms with Gasteiger partial charge in [0, 0.05) is 10.7 Å². The molecule has 0 saturated heterocycles. The van der Waals surface area contributed by atoms with Gasteiger partial charge in [-0.05, 0) is 54.1 Å². The minimum atomic E-state index is -0.535. The molecule has 3 aromatic carbocycles. The molecule has 2 N–H and O–H groups in total. The number of hydrogen-bond acceptors (Lipinski definition) is 5. The van der Waals surface area contributed by atoms with Crippen molar-refractivity contribution in [2.75, 3.05) is 19.0 Å². The maximum absolute atomic E-state index is 12.8. The number of methoxy groups -OCH3 is 1. The first-order valence-corrected chi connectivity index (χ1v) is 10.7. The molecule has 3 aromatic rings. The normalized spacial score (nSPS) is 12.4. The number of benzene rings is 3. The predicted molar refractivity (Wildman–Crippen MR) is 126 cm³/mol. The van der Waals surface area contributed by atoms with E-state index < -0.39 is 11.8 Å². The zero-order valence-corrected chi connectivity index (χ0v) is 18.9. The van der Waals surface area contributed by atoms with E-state index in [1.807, 2.05) is 0 Å². The van der Waals surface area contributed by atoms with Crippen molar-refractivity contribution in [3.63, 3.8) is 0 Å². The second-order valence-electron chi connectivity index (χ2n) is 7.51. The summed E-state index contributed by atoms with van der Waals surface area (Å²) in [6.07, 6.45) is 0. The zero-order valence-electron chi connectivity index (χ0n) is 18.1. The molecule has 0 radical (unpaired) electrons. The number of fused-ring (bicyclic) bond motifs is 1. The summed E-state index contributed by atoms with van der Waals surface area (Å²) in [6.45, 7) is -0.277. The van der Waals surface area contributed by atoms with Crippen molar-refractivity contribution in [1.82, 2.24) is 10.2 Å². The first-order valence-electron chi connectivity index (χ1n) is 10.3. The quantitative estimate of drug-likeness (QED) is 0.507. The summed E-state index contributed by atoms with van der Waals surface area (Å²) in [7, 11) is 1.42. The molecular weight excluding hydrogens is 458 g/mol. The highest BCUT2D eigenvalue weighted by Gasteiger charge is 2.35. The number of carbonyl (C=O) groups is 4. The zero-order chi connectivity index (χ0) is 24.2. The number of nitrogens with one attached hydrogen (secondary N) is 2. The number of nitrogens with zero attached hydrogens (tertiary/aromatic N) is 1. The summed E-state index contributed by atoms with van der Waals surface area (Å²) in [4.78, 5) is 51.4. The summed E-state index contributed by atoms with van der Waals surface area (Å²) in [6, 6.07) is 18.0. The first kappa shape index (κ1) is 23.0. The Hall–Kier alpha value is -4.17. The number of ether oxygens (including phenoxy) is 1. The highest BCUT2D eigenvalue weighted by atomic mass is 35.5. The van der Waals surface area contributed by atoms with Crippen LogP contribution in [0, 0.1) is 0 Å². The highest BCUT2D eigenvalue weighted by Crippen LogP contribution is 2.26. The molecule has 1 aliphatic rings. The fourth-order valence-electron chi connectivity index (χ4n) is 3.59. The Morgan fingerprint density at radius 2 is 1.59 bits per heavy atom. The Bertz CT molecular complexity index is 1250. The van der Waals surface area contributed by atoms with Gasteiger partial charge in [-0.1, -0.05) is 29.8 Å². The summed E-state index contributed by atoms with van der Waals surface area (Å²) >= 11 is 5.83. The molecule has 0 aliphatic carbocycles. The Kier molecular flexibility index (Phi) is 6.60. The summed E-state index contributed by atoms with van der Waals surface area (Å²) < 4.78 is 5.28. The van der Waals surface area contributed by atoms with Crippen molar-refractivity contribution < 1.29 is 23.9 Å². The third kappa shape index (κ3) is 4.77. The number of anilines is 1. The van der Waals surface area contributed by atoms with Gasteiger partial charge in [0.25, 0.3) is 17.7 Å². The van der Waals surface area contributed by atoms with Crippen LogP contribution >= 0.6 is 11.6 Å². The molecule has 0 unspecified atom stereocenters. The molecule has 4 rings (SSSR count). The van der Waals surface area contributed by atoms with Crippen molar-refractivity contribution in [1.29, 1.82) is 0 Å². The van der Waals surface area contributed by atoms with Gasteiger partial charge in [-0.15, -0.1) is 0 Å². The van der Waals surface area contributed by atoms with Gasteiger partial charge in [-0.3, -0.25) is 24.1 Å². The summed E-state index contributed by atoms with van der Waals surface area (Å²) in [5.74, 6) is -1.44. The van der Waals surface area contributed by atoms with E-state index in [1.165, 1.54) is 13.2 Å². The third-order valence-electron chi connectivity index (χ3n) is 5.26. The van der Waals surface area contributed by atoms with Gasteiger partial charge in [0.05, 0.1) is 36.9 Å². The van der Waals surface area contributed by atoms with E-state index in [0.717, 1.165) is 4.90 Å². The molecule has 4 amide bonds. The van der Waals surface area contributed by atoms with Crippen LogP contribution in [0.4, 0.5) is 5.69 Å². The summed E-state index contributed by atoms with van der Waals surface area (Å²) in [5, 5.41) is 5.75. The predicted octanol–water partition coefficient (Wildman–Crippen LogP) is 3.51. The maximum atomic E-state index is 12.8. The first-order chi connectivity index (χ1) is 16.4. The van der Waals surface area contributed by atoms with Gasteiger partial charge in [0.15, 0.2) is 0 Å². The standard InChI is InChI=1S/C25H20ClN3O5/c1-34-21-11-6-15(14-29-24(32)18-4-2-3-5-19(18)25(29)33)12-20(21)23(31)27-13-22(30)28-17-9-7-16(26)8-10-17/h2-12H,13-14H2,1H3,(H,27,31)(H,28,30).